The van der Waals surface area contributed by atoms with E-state index in [0.717, 1.165) is 12.1 Å². The van der Waals surface area contributed by atoms with Crippen molar-refractivity contribution in [2.45, 2.75) is 6.92 Å². The van der Waals surface area contributed by atoms with E-state index in [1.165, 1.54) is 0 Å². The molecule has 0 unspecified atom stereocenters. The van der Waals surface area contributed by atoms with Gasteiger partial charge in [0.15, 0.2) is 5.75 Å². The van der Waals surface area contributed by atoms with Crippen LogP contribution in [0.15, 0.2) is 12.1 Å². The largest absolute Gasteiger partial charge is 0.487 e. The Labute approximate surface area is 90.6 Å². The maximum absolute atomic E-state index is 10.7. The first-order valence-corrected chi connectivity index (χ1v) is 4.41. The summed E-state index contributed by atoms with van der Waals surface area (Å²) in [7, 11) is 0. The van der Waals surface area contributed by atoms with Gasteiger partial charge in [-0.15, -0.1) is 0 Å². The Hall–Kier alpha value is -2.31. The summed E-state index contributed by atoms with van der Waals surface area (Å²) < 4.78 is 5.00. The van der Waals surface area contributed by atoms with Crippen LogP contribution in [-0.4, -0.2) is 22.6 Å². The molecule has 0 saturated heterocycles. The summed E-state index contributed by atoms with van der Waals surface area (Å²) in [5.41, 5.74) is 4.65. The van der Waals surface area contributed by atoms with Gasteiger partial charge in [0.1, 0.15) is 0 Å². The number of ether oxygens (including phenoxy) is 1. The van der Waals surface area contributed by atoms with Crippen LogP contribution in [0.5, 0.6) is 5.75 Å². The number of carboxylic acids is 1. The van der Waals surface area contributed by atoms with Crippen molar-refractivity contribution in [1.29, 1.82) is 0 Å². The van der Waals surface area contributed by atoms with Crippen LogP contribution in [0.3, 0.4) is 0 Å². The monoisotopic (exact) mass is 226 g/mol. The van der Waals surface area contributed by atoms with Gasteiger partial charge >= 0.3 is 11.7 Å². The molecule has 0 spiro atoms. The van der Waals surface area contributed by atoms with Gasteiger partial charge in [0.2, 0.25) is 0 Å². The molecular weight excluding hydrogens is 216 g/mol. The second-order valence-corrected chi connectivity index (χ2v) is 2.90. The summed E-state index contributed by atoms with van der Waals surface area (Å²) in [5.74, 6) is -1.35. The third-order valence-electron chi connectivity index (χ3n) is 1.86. The Kier molecular flexibility index (Phi) is 3.29. The lowest BCUT2D eigenvalue weighted by Gasteiger charge is -2.07. The number of hydrogen-bond acceptors (Lipinski definition) is 5. The van der Waals surface area contributed by atoms with Crippen LogP contribution in [0, 0.1) is 10.1 Å². The van der Waals surface area contributed by atoms with Crippen molar-refractivity contribution in [3.05, 3.63) is 27.8 Å². The van der Waals surface area contributed by atoms with Crippen molar-refractivity contribution in [1.82, 2.24) is 0 Å². The Morgan fingerprint density at radius 2 is 2.25 bits per heavy atom. The Balaban J connectivity index is 3.36. The van der Waals surface area contributed by atoms with Crippen LogP contribution in [0.2, 0.25) is 0 Å². The number of carboxylic acid groups (broad SMARTS) is 1. The fourth-order valence-electron chi connectivity index (χ4n) is 1.18. The lowest BCUT2D eigenvalue weighted by molar-refractivity contribution is -0.385. The number of hydrogen-bond donors (Lipinski definition) is 2. The fraction of sp³-hybridized carbons (Fsp3) is 0.222. The quantitative estimate of drug-likeness (QED) is 0.453. The number of anilines is 1. The standard InChI is InChI=1S/C9H10N2O5/c1-2-16-8-4-6(10)5(9(12)13)3-7(8)11(14)15/h3-4H,2,10H2,1H3,(H,12,13). The zero-order chi connectivity index (χ0) is 12.3. The number of nitrogen functional groups attached to an aromatic ring is 1. The summed E-state index contributed by atoms with van der Waals surface area (Å²) in [4.78, 5) is 20.7. The number of nitro groups is 1. The SMILES string of the molecule is CCOc1cc(N)c(C(=O)O)cc1[N+](=O)[O-]. The highest BCUT2D eigenvalue weighted by Crippen LogP contribution is 2.31. The highest BCUT2D eigenvalue weighted by atomic mass is 16.6. The topological polar surface area (TPSA) is 116 Å². The average molecular weight is 226 g/mol. The first kappa shape index (κ1) is 11.8. The van der Waals surface area contributed by atoms with Crippen LogP contribution in [-0.2, 0) is 0 Å². The molecular formula is C9H10N2O5. The number of benzene rings is 1. The number of carbonyl (C=O) groups is 1. The molecule has 7 nitrogen and oxygen atoms in total. The van der Waals surface area contributed by atoms with E-state index in [2.05, 4.69) is 0 Å². The highest BCUT2D eigenvalue weighted by molar-refractivity contribution is 5.95. The zero-order valence-electron chi connectivity index (χ0n) is 8.47. The van der Waals surface area contributed by atoms with E-state index in [4.69, 9.17) is 15.6 Å². The van der Waals surface area contributed by atoms with Gasteiger partial charge in [0, 0.05) is 12.1 Å². The molecule has 16 heavy (non-hydrogen) atoms. The smallest absolute Gasteiger partial charge is 0.338 e. The third-order valence-corrected chi connectivity index (χ3v) is 1.86. The minimum atomic E-state index is -1.32. The van der Waals surface area contributed by atoms with E-state index in [0.29, 0.717) is 0 Å². The molecule has 86 valence electrons. The van der Waals surface area contributed by atoms with Gasteiger partial charge in [-0.2, -0.15) is 0 Å². The normalized spacial score (nSPS) is 9.81. The zero-order valence-corrected chi connectivity index (χ0v) is 8.47. The van der Waals surface area contributed by atoms with E-state index in [-0.39, 0.29) is 23.6 Å². The van der Waals surface area contributed by atoms with Crippen molar-refractivity contribution in [2.24, 2.45) is 0 Å². The van der Waals surface area contributed by atoms with Crippen LogP contribution >= 0.6 is 0 Å². The lowest BCUT2D eigenvalue weighted by Crippen LogP contribution is -2.06. The number of nitro benzene ring substituents is 1. The van der Waals surface area contributed by atoms with Gasteiger partial charge in [0.05, 0.1) is 22.8 Å². The molecule has 1 aromatic rings. The number of aromatic carboxylic acids is 1. The molecule has 1 rings (SSSR count). The van der Waals surface area contributed by atoms with Crippen molar-refractivity contribution in [2.75, 3.05) is 12.3 Å². The molecule has 0 radical (unpaired) electrons. The predicted octanol–water partition coefficient (Wildman–Crippen LogP) is 1.27. The summed E-state index contributed by atoms with van der Waals surface area (Å²) in [6, 6.07) is 2.04. The second-order valence-electron chi connectivity index (χ2n) is 2.90. The van der Waals surface area contributed by atoms with E-state index in [1.807, 2.05) is 0 Å². The van der Waals surface area contributed by atoms with Gasteiger partial charge in [-0.3, -0.25) is 10.1 Å². The lowest BCUT2D eigenvalue weighted by atomic mass is 10.1. The van der Waals surface area contributed by atoms with Gasteiger partial charge < -0.3 is 15.6 Å². The summed E-state index contributed by atoms with van der Waals surface area (Å²) >= 11 is 0. The first-order chi connectivity index (χ1) is 7.47. The fourth-order valence-corrected chi connectivity index (χ4v) is 1.18. The molecule has 0 fully saturated rings. The van der Waals surface area contributed by atoms with Gasteiger partial charge in [-0.05, 0) is 6.92 Å². The molecule has 7 heteroatoms. The van der Waals surface area contributed by atoms with E-state index < -0.39 is 16.6 Å². The highest BCUT2D eigenvalue weighted by Gasteiger charge is 2.21. The van der Waals surface area contributed by atoms with Gasteiger partial charge in [-0.25, -0.2) is 4.79 Å². The van der Waals surface area contributed by atoms with Gasteiger partial charge in [0.25, 0.3) is 0 Å². The van der Waals surface area contributed by atoms with Crippen LogP contribution in [0.25, 0.3) is 0 Å². The maximum Gasteiger partial charge on any atom is 0.338 e. The van der Waals surface area contributed by atoms with Crippen molar-refractivity contribution in [3.63, 3.8) is 0 Å². The minimum Gasteiger partial charge on any atom is -0.487 e. The van der Waals surface area contributed by atoms with E-state index in [1.54, 1.807) is 6.92 Å². The molecule has 0 aliphatic rings. The molecule has 0 amide bonds. The molecule has 0 aliphatic heterocycles. The Morgan fingerprint density at radius 1 is 1.62 bits per heavy atom. The Morgan fingerprint density at radius 3 is 2.69 bits per heavy atom. The molecule has 3 N–H and O–H groups in total. The molecule has 0 aromatic heterocycles. The summed E-state index contributed by atoms with van der Waals surface area (Å²) in [6.07, 6.45) is 0. The van der Waals surface area contributed by atoms with Crippen LogP contribution in [0.1, 0.15) is 17.3 Å². The maximum atomic E-state index is 10.7. The number of nitrogens with two attached hydrogens (primary N) is 1. The van der Waals surface area contributed by atoms with Gasteiger partial charge in [-0.1, -0.05) is 0 Å². The first-order valence-electron chi connectivity index (χ1n) is 4.41. The molecule has 1 aromatic carbocycles. The number of rotatable bonds is 4. The number of nitrogens with zero attached hydrogens (tertiary/aromatic N) is 1. The molecule has 0 saturated carbocycles. The molecule has 0 bridgehead atoms. The minimum absolute atomic E-state index is 0.0324. The summed E-state index contributed by atoms with van der Waals surface area (Å²) in [6.45, 7) is 1.89. The predicted molar refractivity (Wildman–Crippen MR) is 55.6 cm³/mol. The molecule has 0 aliphatic carbocycles. The van der Waals surface area contributed by atoms with Crippen molar-refractivity contribution < 1.29 is 19.6 Å². The van der Waals surface area contributed by atoms with Crippen molar-refractivity contribution in [3.8, 4) is 5.75 Å². The molecule has 0 heterocycles. The molecule has 0 atom stereocenters. The van der Waals surface area contributed by atoms with Crippen LogP contribution < -0.4 is 10.5 Å². The average Bonchev–Trinajstić information content (AvgIpc) is 2.17. The van der Waals surface area contributed by atoms with E-state index >= 15 is 0 Å². The van der Waals surface area contributed by atoms with Crippen LogP contribution in [0.4, 0.5) is 11.4 Å². The Bertz CT molecular complexity index is 444. The van der Waals surface area contributed by atoms with Crippen molar-refractivity contribution >= 4 is 17.3 Å². The van der Waals surface area contributed by atoms with E-state index in [9.17, 15) is 14.9 Å². The second kappa shape index (κ2) is 4.47. The summed E-state index contributed by atoms with van der Waals surface area (Å²) in [5, 5.41) is 19.4. The third kappa shape index (κ3) is 2.19.